The van der Waals surface area contributed by atoms with Crippen LogP contribution in [0.1, 0.15) is 26.7 Å². The molecule has 0 aromatic heterocycles. The van der Waals surface area contributed by atoms with Crippen LogP contribution < -0.4 is 5.73 Å². The van der Waals surface area contributed by atoms with Crippen LogP contribution >= 0.6 is 0 Å². The van der Waals surface area contributed by atoms with Gasteiger partial charge in [0.25, 0.3) is 0 Å². The summed E-state index contributed by atoms with van der Waals surface area (Å²) in [4.78, 5) is 0. The smallest absolute Gasteiger partial charge is 0.153 e. The number of rotatable bonds is 8. The topological polar surface area (TPSA) is 94.3 Å². The average molecular weight is 271 g/mol. The van der Waals surface area contributed by atoms with Crippen LogP contribution in [0.3, 0.4) is 0 Å². The molecular weight excluding hydrogens is 250 g/mol. The summed E-state index contributed by atoms with van der Waals surface area (Å²) in [5.74, 6) is -0.525. The molecule has 1 unspecified atom stereocenters. The van der Waals surface area contributed by atoms with Gasteiger partial charge < -0.3 is 5.73 Å². The second-order valence-corrected chi connectivity index (χ2v) is 8.75. The Morgan fingerprint density at radius 1 is 1.06 bits per heavy atom. The number of hydrogen-bond donors (Lipinski definition) is 1. The second-order valence-electron chi connectivity index (χ2n) is 3.91. The lowest BCUT2D eigenvalue weighted by Gasteiger charge is -2.11. The maximum absolute atomic E-state index is 11.7. The Hall–Kier alpha value is -0.140. The Kier molecular flexibility index (Phi) is 6.50. The molecule has 0 fully saturated rings. The number of nitrogens with two attached hydrogens (primary N) is 1. The van der Waals surface area contributed by atoms with Gasteiger partial charge in [0.1, 0.15) is 0 Å². The zero-order chi connectivity index (χ0) is 12.8. The molecule has 0 saturated carbocycles. The lowest BCUT2D eigenvalue weighted by Crippen LogP contribution is -2.28. The average Bonchev–Trinajstić information content (AvgIpc) is 2.15. The van der Waals surface area contributed by atoms with Crippen molar-refractivity contribution in [2.45, 2.75) is 31.9 Å². The third kappa shape index (κ3) is 5.81. The Bertz CT molecular complexity index is 386. The first-order chi connectivity index (χ1) is 7.25. The maximum atomic E-state index is 11.7. The van der Waals surface area contributed by atoms with E-state index in [9.17, 15) is 16.8 Å². The highest BCUT2D eigenvalue weighted by Gasteiger charge is 2.22. The molecule has 2 N–H and O–H groups in total. The second kappa shape index (κ2) is 6.56. The Labute approximate surface area is 98.2 Å². The van der Waals surface area contributed by atoms with Crippen LogP contribution in [0.15, 0.2) is 0 Å². The Morgan fingerprint density at radius 2 is 1.62 bits per heavy atom. The predicted molar refractivity (Wildman–Crippen MR) is 65.9 cm³/mol. The minimum absolute atomic E-state index is 0.0494. The van der Waals surface area contributed by atoms with Gasteiger partial charge in [-0.25, -0.2) is 16.8 Å². The molecule has 16 heavy (non-hydrogen) atoms. The van der Waals surface area contributed by atoms with E-state index < -0.39 is 24.9 Å². The first kappa shape index (κ1) is 15.9. The van der Waals surface area contributed by atoms with Crippen LogP contribution in [-0.2, 0) is 19.7 Å². The van der Waals surface area contributed by atoms with Gasteiger partial charge in [-0.1, -0.05) is 6.92 Å². The van der Waals surface area contributed by atoms with E-state index in [-0.39, 0.29) is 17.3 Å². The molecule has 0 aromatic rings. The lowest BCUT2D eigenvalue weighted by atomic mass is 10.3. The van der Waals surface area contributed by atoms with Crippen molar-refractivity contribution < 1.29 is 16.8 Å². The quantitative estimate of drug-likeness (QED) is 0.668. The van der Waals surface area contributed by atoms with Crippen LogP contribution in [0, 0.1) is 0 Å². The van der Waals surface area contributed by atoms with E-state index >= 15 is 0 Å². The summed E-state index contributed by atoms with van der Waals surface area (Å²) in [6, 6.07) is 0. The summed E-state index contributed by atoms with van der Waals surface area (Å²) in [5.41, 5.74) is 5.27. The van der Waals surface area contributed by atoms with Crippen LogP contribution in [0.5, 0.6) is 0 Å². The molecule has 0 heterocycles. The van der Waals surface area contributed by atoms with E-state index in [2.05, 4.69) is 0 Å². The Morgan fingerprint density at radius 3 is 2.06 bits per heavy atom. The molecule has 0 amide bonds. The van der Waals surface area contributed by atoms with Crippen LogP contribution in [0.25, 0.3) is 0 Å². The standard InChI is InChI=1S/C9H21NO4S2/c1-3-6-15(11,12)7-8-16(13,14)9(2)4-5-10/h9H,3-8,10H2,1-2H3. The predicted octanol–water partition coefficient (Wildman–Crippen LogP) is -0.0367. The van der Waals surface area contributed by atoms with Gasteiger partial charge in [-0.2, -0.15) is 0 Å². The summed E-state index contributed by atoms with van der Waals surface area (Å²) in [7, 11) is -6.56. The highest BCUT2D eigenvalue weighted by molar-refractivity contribution is 7.95. The van der Waals surface area contributed by atoms with Crippen molar-refractivity contribution in [1.82, 2.24) is 0 Å². The first-order valence-corrected chi connectivity index (χ1v) is 8.91. The molecule has 5 nitrogen and oxygen atoms in total. The van der Waals surface area contributed by atoms with Gasteiger partial charge >= 0.3 is 0 Å². The Balaban J connectivity index is 4.40. The molecule has 0 aliphatic carbocycles. The molecule has 0 rings (SSSR count). The molecule has 7 heteroatoms. The van der Waals surface area contributed by atoms with E-state index in [1.54, 1.807) is 13.8 Å². The fraction of sp³-hybridized carbons (Fsp3) is 1.00. The fourth-order valence-electron chi connectivity index (χ4n) is 1.27. The van der Waals surface area contributed by atoms with Gasteiger partial charge in [0.05, 0.1) is 16.8 Å². The van der Waals surface area contributed by atoms with Gasteiger partial charge in [0, 0.05) is 5.75 Å². The minimum atomic E-state index is -3.33. The fourth-order valence-corrected chi connectivity index (χ4v) is 4.94. The van der Waals surface area contributed by atoms with Gasteiger partial charge in [0.15, 0.2) is 19.7 Å². The van der Waals surface area contributed by atoms with Crippen molar-refractivity contribution in [1.29, 1.82) is 0 Å². The van der Waals surface area contributed by atoms with Gasteiger partial charge in [0.2, 0.25) is 0 Å². The highest BCUT2D eigenvalue weighted by Crippen LogP contribution is 2.07. The third-order valence-corrected chi connectivity index (χ3v) is 6.73. The number of hydrogen-bond acceptors (Lipinski definition) is 5. The van der Waals surface area contributed by atoms with E-state index in [1.807, 2.05) is 0 Å². The molecular formula is C9H21NO4S2. The van der Waals surface area contributed by atoms with Crippen LogP contribution in [0.2, 0.25) is 0 Å². The molecule has 0 bridgehead atoms. The van der Waals surface area contributed by atoms with Crippen molar-refractivity contribution in [3.05, 3.63) is 0 Å². The third-order valence-electron chi connectivity index (χ3n) is 2.38. The molecule has 0 aromatic carbocycles. The van der Waals surface area contributed by atoms with Gasteiger partial charge in [-0.3, -0.25) is 0 Å². The van der Waals surface area contributed by atoms with Crippen molar-refractivity contribution in [2.24, 2.45) is 5.73 Å². The summed E-state index contributed by atoms with van der Waals surface area (Å²) >= 11 is 0. The van der Waals surface area contributed by atoms with E-state index in [4.69, 9.17) is 5.73 Å². The van der Waals surface area contributed by atoms with Crippen molar-refractivity contribution >= 4 is 19.7 Å². The molecule has 0 saturated heterocycles. The molecule has 98 valence electrons. The highest BCUT2D eigenvalue weighted by atomic mass is 32.2. The summed E-state index contributed by atoms with van der Waals surface area (Å²) in [6.45, 7) is 3.61. The lowest BCUT2D eigenvalue weighted by molar-refractivity contribution is 0.575. The van der Waals surface area contributed by atoms with E-state index in [0.29, 0.717) is 19.4 Å². The van der Waals surface area contributed by atoms with E-state index in [0.717, 1.165) is 0 Å². The van der Waals surface area contributed by atoms with Gasteiger partial charge in [-0.15, -0.1) is 0 Å². The summed E-state index contributed by atoms with van der Waals surface area (Å²) in [5, 5.41) is -0.561. The van der Waals surface area contributed by atoms with Crippen LogP contribution in [-0.4, -0.2) is 45.9 Å². The largest absolute Gasteiger partial charge is 0.330 e. The molecule has 1 atom stereocenters. The monoisotopic (exact) mass is 271 g/mol. The zero-order valence-electron chi connectivity index (χ0n) is 9.85. The molecule has 0 aliphatic heterocycles. The maximum Gasteiger partial charge on any atom is 0.153 e. The normalized spacial score (nSPS) is 14.9. The number of sulfone groups is 2. The first-order valence-electron chi connectivity index (χ1n) is 5.37. The van der Waals surface area contributed by atoms with Crippen molar-refractivity contribution in [3.8, 4) is 0 Å². The molecule has 0 aliphatic rings. The molecule has 0 radical (unpaired) electrons. The molecule has 0 spiro atoms. The van der Waals surface area contributed by atoms with Crippen molar-refractivity contribution in [3.63, 3.8) is 0 Å². The minimum Gasteiger partial charge on any atom is -0.330 e. The SMILES string of the molecule is CCCS(=O)(=O)CCS(=O)(=O)C(C)CCN. The van der Waals surface area contributed by atoms with E-state index in [1.165, 1.54) is 0 Å². The summed E-state index contributed by atoms with van der Waals surface area (Å²) < 4.78 is 46.0. The zero-order valence-corrected chi connectivity index (χ0v) is 11.5. The van der Waals surface area contributed by atoms with Crippen LogP contribution in [0.4, 0.5) is 0 Å². The van der Waals surface area contributed by atoms with Crippen molar-refractivity contribution in [2.75, 3.05) is 23.8 Å². The van der Waals surface area contributed by atoms with Gasteiger partial charge in [-0.05, 0) is 26.3 Å². The summed E-state index contributed by atoms with van der Waals surface area (Å²) in [6.07, 6.45) is 0.886.